The van der Waals surface area contributed by atoms with Crippen LogP contribution in [0.1, 0.15) is 5.56 Å². The van der Waals surface area contributed by atoms with Crippen LogP contribution in [0.5, 0.6) is 23.0 Å². The van der Waals surface area contributed by atoms with Crippen molar-refractivity contribution < 1.29 is 18.9 Å². The van der Waals surface area contributed by atoms with Gasteiger partial charge in [-0.2, -0.15) is 0 Å². The maximum absolute atomic E-state index is 5.45. The summed E-state index contributed by atoms with van der Waals surface area (Å²) >= 11 is 0. The lowest BCUT2D eigenvalue weighted by Gasteiger charge is -2.14. The number of benzene rings is 3. The zero-order valence-corrected chi connectivity index (χ0v) is 16.9. The highest BCUT2D eigenvalue weighted by molar-refractivity contribution is 6.09. The minimum Gasteiger partial charge on any atom is -0.497 e. The van der Waals surface area contributed by atoms with Gasteiger partial charge in [-0.1, -0.05) is 0 Å². The minimum absolute atomic E-state index is 0.629. The van der Waals surface area contributed by atoms with Crippen LogP contribution in [-0.4, -0.2) is 34.3 Å². The molecule has 0 bridgehead atoms. The second kappa shape index (κ2) is 9.50. The van der Waals surface area contributed by atoms with E-state index in [0.717, 1.165) is 28.4 Å². The molecule has 0 amide bonds. The third-order valence-corrected chi connectivity index (χ3v) is 4.32. The number of anilines is 1. The van der Waals surface area contributed by atoms with Crippen LogP contribution in [0.15, 0.2) is 71.7 Å². The minimum atomic E-state index is 0.629. The van der Waals surface area contributed by atoms with E-state index in [4.69, 9.17) is 23.9 Å². The summed E-state index contributed by atoms with van der Waals surface area (Å²) in [5.74, 6) is 3.52. The van der Waals surface area contributed by atoms with E-state index in [1.807, 2.05) is 66.7 Å². The molecule has 3 rings (SSSR count). The fourth-order valence-electron chi connectivity index (χ4n) is 2.75. The van der Waals surface area contributed by atoms with E-state index < -0.39 is 0 Å². The Bertz CT molecular complexity index is 967. The lowest BCUT2D eigenvalue weighted by Crippen LogP contribution is -2.13. The Balaban J connectivity index is 2.00. The molecule has 3 aromatic rings. The van der Waals surface area contributed by atoms with Crippen molar-refractivity contribution in [2.24, 2.45) is 4.99 Å². The standard InChI is InChI=1S/C23H24N2O4/c1-26-19-10-6-17(7-11-19)24-23(25-18-8-12-20(27-2)13-9-18)16-5-14-21(28-3)22(15-16)29-4/h5-15H,1-4H3,(H,24,25). The molecule has 0 radical (unpaired) electrons. The van der Waals surface area contributed by atoms with Crippen LogP contribution in [0, 0.1) is 0 Å². The fourth-order valence-corrected chi connectivity index (χ4v) is 2.75. The molecule has 0 fully saturated rings. The maximum atomic E-state index is 5.45. The van der Waals surface area contributed by atoms with Gasteiger partial charge in [0.2, 0.25) is 0 Å². The van der Waals surface area contributed by atoms with Crippen LogP contribution in [0.2, 0.25) is 0 Å². The van der Waals surface area contributed by atoms with Crippen LogP contribution in [0.4, 0.5) is 11.4 Å². The molecule has 6 heteroatoms. The van der Waals surface area contributed by atoms with Crippen molar-refractivity contribution in [3.8, 4) is 23.0 Å². The molecule has 0 unspecified atom stereocenters. The highest BCUT2D eigenvalue weighted by Gasteiger charge is 2.11. The molecule has 0 aliphatic carbocycles. The Labute approximate surface area is 170 Å². The Kier molecular flexibility index (Phi) is 6.58. The van der Waals surface area contributed by atoms with Crippen molar-refractivity contribution in [3.05, 3.63) is 72.3 Å². The molecule has 6 nitrogen and oxygen atoms in total. The molecule has 0 spiro atoms. The zero-order chi connectivity index (χ0) is 20.6. The van der Waals surface area contributed by atoms with Gasteiger partial charge in [-0.15, -0.1) is 0 Å². The van der Waals surface area contributed by atoms with Crippen molar-refractivity contribution >= 4 is 17.2 Å². The highest BCUT2D eigenvalue weighted by atomic mass is 16.5. The highest BCUT2D eigenvalue weighted by Crippen LogP contribution is 2.29. The maximum Gasteiger partial charge on any atom is 0.161 e. The van der Waals surface area contributed by atoms with Crippen LogP contribution >= 0.6 is 0 Å². The lowest BCUT2D eigenvalue weighted by molar-refractivity contribution is 0.355. The molecule has 150 valence electrons. The number of amidine groups is 1. The second-order valence-corrected chi connectivity index (χ2v) is 6.08. The van der Waals surface area contributed by atoms with Crippen LogP contribution in [-0.2, 0) is 0 Å². The fraction of sp³-hybridized carbons (Fsp3) is 0.174. The van der Waals surface area contributed by atoms with E-state index in [1.54, 1.807) is 28.4 Å². The summed E-state index contributed by atoms with van der Waals surface area (Å²) in [6.07, 6.45) is 0. The first-order valence-corrected chi connectivity index (χ1v) is 9.03. The van der Waals surface area contributed by atoms with Gasteiger partial charge in [0.25, 0.3) is 0 Å². The van der Waals surface area contributed by atoms with Crippen molar-refractivity contribution in [1.82, 2.24) is 0 Å². The van der Waals surface area contributed by atoms with Gasteiger partial charge < -0.3 is 24.3 Å². The Morgan fingerprint density at radius 2 is 1.24 bits per heavy atom. The average Bonchev–Trinajstić information content (AvgIpc) is 2.79. The predicted octanol–water partition coefficient (Wildman–Crippen LogP) is 4.91. The van der Waals surface area contributed by atoms with Gasteiger partial charge in [0.1, 0.15) is 17.3 Å². The molecule has 0 aliphatic rings. The molecular formula is C23H24N2O4. The smallest absolute Gasteiger partial charge is 0.161 e. The zero-order valence-electron chi connectivity index (χ0n) is 16.9. The van der Waals surface area contributed by atoms with Crippen molar-refractivity contribution in [2.45, 2.75) is 0 Å². The molecule has 1 N–H and O–H groups in total. The quantitative estimate of drug-likeness (QED) is 0.457. The number of methoxy groups -OCH3 is 4. The van der Waals surface area contributed by atoms with E-state index in [-0.39, 0.29) is 0 Å². The first-order chi connectivity index (χ1) is 14.2. The number of hydrogen-bond acceptors (Lipinski definition) is 5. The monoisotopic (exact) mass is 392 g/mol. The number of nitrogens with one attached hydrogen (secondary N) is 1. The van der Waals surface area contributed by atoms with Gasteiger partial charge in [-0.3, -0.25) is 0 Å². The summed E-state index contributed by atoms with van der Waals surface area (Å²) < 4.78 is 21.3. The number of hydrogen-bond donors (Lipinski definition) is 1. The third-order valence-electron chi connectivity index (χ3n) is 4.32. The van der Waals surface area contributed by atoms with E-state index in [1.165, 1.54) is 0 Å². The van der Waals surface area contributed by atoms with Gasteiger partial charge in [-0.05, 0) is 66.7 Å². The summed E-state index contributed by atoms with van der Waals surface area (Å²) in [7, 11) is 6.50. The van der Waals surface area contributed by atoms with Gasteiger partial charge in [0.15, 0.2) is 11.5 Å². The summed E-state index contributed by atoms with van der Waals surface area (Å²) in [5.41, 5.74) is 2.53. The van der Waals surface area contributed by atoms with E-state index in [2.05, 4.69) is 5.32 Å². The van der Waals surface area contributed by atoms with Crippen LogP contribution in [0.25, 0.3) is 0 Å². The number of rotatable bonds is 7. The van der Waals surface area contributed by atoms with Crippen LogP contribution < -0.4 is 24.3 Å². The molecule has 3 aromatic carbocycles. The summed E-state index contributed by atoms with van der Waals surface area (Å²) in [4.78, 5) is 4.80. The summed E-state index contributed by atoms with van der Waals surface area (Å²) in [6.45, 7) is 0. The van der Waals surface area contributed by atoms with Gasteiger partial charge in [-0.25, -0.2) is 4.99 Å². The molecule has 0 atom stereocenters. The number of aliphatic imine (C=N–C) groups is 1. The van der Waals surface area contributed by atoms with Gasteiger partial charge >= 0.3 is 0 Å². The molecule has 0 saturated heterocycles. The van der Waals surface area contributed by atoms with Gasteiger partial charge in [0.05, 0.1) is 34.1 Å². The summed E-state index contributed by atoms with van der Waals surface area (Å²) in [6, 6.07) is 20.9. The largest absolute Gasteiger partial charge is 0.497 e. The van der Waals surface area contributed by atoms with Crippen molar-refractivity contribution in [2.75, 3.05) is 33.8 Å². The SMILES string of the molecule is COc1ccc(N=C(Nc2ccc(OC)cc2)c2ccc(OC)c(OC)c2)cc1. The topological polar surface area (TPSA) is 61.3 Å². The van der Waals surface area contributed by atoms with Crippen LogP contribution in [0.3, 0.4) is 0 Å². The molecule has 0 heterocycles. The average molecular weight is 392 g/mol. The van der Waals surface area contributed by atoms with E-state index in [9.17, 15) is 0 Å². The molecule has 0 saturated carbocycles. The molecular weight excluding hydrogens is 368 g/mol. The second-order valence-electron chi connectivity index (χ2n) is 6.08. The number of ether oxygens (including phenoxy) is 4. The Hall–Kier alpha value is -3.67. The van der Waals surface area contributed by atoms with Crippen molar-refractivity contribution in [3.63, 3.8) is 0 Å². The van der Waals surface area contributed by atoms with E-state index in [0.29, 0.717) is 17.3 Å². The Morgan fingerprint density at radius 1 is 0.655 bits per heavy atom. The summed E-state index contributed by atoms with van der Waals surface area (Å²) in [5, 5.41) is 3.38. The predicted molar refractivity (Wildman–Crippen MR) is 115 cm³/mol. The van der Waals surface area contributed by atoms with Gasteiger partial charge in [0, 0.05) is 11.3 Å². The first-order valence-electron chi connectivity index (χ1n) is 9.03. The number of nitrogens with zero attached hydrogens (tertiary/aromatic N) is 1. The molecule has 0 aromatic heterocycles. The molecule has 29 heavy (non-hydrogen) atoms. The lowest BCUT2D eigenvalue weighted by atomic mass is 10.1. The van der Waals surface area contributed by atoms with E-state index >= 15 is 0 Å². The third kappa shape index (κ3) is 4.99. The normalized spacial score (nSPS) is 11.0. The Morgan fingerprint density at radius 3 is 1.79 bits per heavy atom. The van der Waals surface area contributed by atoms with Crippen molar-refractivity contribution in [1.29, 1.82) is 0 Å². The molecule has 0 aliphatic heterocycles. The first kappa shape index (κ1) is 20.1.